The molecule has 1 aliphatic heterocycles. The summed E-state index contributed by atoms with van der Waals surface area (Å²) in [4.78, 5) is 18.7. The Labute approximate surface area is 230 Å². The van der Waals surface area contributed by atoms with Gasteiger partial charge in [0.25, 0.3) is 5.91 Å². The van der Waals surface area contributed by atoms with Crippen molar-refractivity contribution in [2.24, 2.45) is 4.99 Å². The van der Waals surface area contributed by atoms with Crippen molar-refractivity contribution in [3.8, 4) is 5.75 Å². The molecule has 1 amide bonds. The zero-order valence-corrected chi connectivity index (χ0v) is 22.5. The Morgan fingerprint density at radius 1 is 1.16 bits per heavy atom. The van der Waals surface area contributed by atoms with E-state index >= 15 is 0 Å². The van der Waals surface area contributed by atoms with Gasteiger partial charge in [-0.25, -0.2) is 9.38 Å². The molecule has 0 saturated carbocycles. The second-order valence-corrected chi connectivity index (χ2v) is 9.79. The molecule has 3 aromatic carbocycles. The van der Waals surface area contributed by atoms with Crippen molar-refractivity contribution in [2.45, 2.75) is 30.9 Å². The molecule has 0 bridgehead atoms. The fourth-order valence-corrected chi connectivity index (χ4v) is 4.82. The summed E-state index contributed by atoms with van der Waals surface area (Å²) in [6.45, 7) is 4.74. The molecule has 0 aliphatic carbocycles. The molecule has 0 fully saturated rings. The highest BCUT2D eigenvalue weighted by molar-refractivity contribution is 9.10. The van der Waals surface area contributed by atoms with E-state index in [1.165, 1.54) is 12.1 Å². The van der Waals surface area contributed by atoms with Crippen molar-refractivity contribution in [2.75, 3.05) is 19.8 Å². The Bertz CT molecular complexity index is 1280. The molecule has 0 aromatic heterocycles. The van der Waals surface area contributed by atoms with Crippen LogP contribution in [0.15, 0.2) is 94.9 Å². The molecule has 2 N–H and O–H groups in total. The van der Waals surface area contributed by atoms with Gasteiger partial charge in [-0.3, -0.25) is 4.79 Å². The summed E-state index contributed by atoms with van der Waals surface area (Å²) in [7, 11) is 0. The Morgan fingerprint density at radius 2 is 1.89 bits per heavy atom. The van der Waals surface area contributed by atoms with Crippen LogP contribution in [0.3, 0.4) is 0 Å². The van der Waals surface area contributed by atoms with Gasteiger partial charge in [-0.15, -0.1) is 6.58 Å². The number of ether oxygens (including phenoxy) is 2. The molecule has 0 spiro atoms. The van der Waals surface area contributed by atoms with Gasteiger partial charge in [-0.1, -0.05) is 52.3 Å². The second-order valence-electron chi connectivity index (χ2n) is 8.94. The van der Waals surface area contributed by atoms with E-state index < -0.39 is 11.6 Å². The smallest absolute Gasteiger partial charge is 0.252 e. The van der Waals surface area contributed by atoms with Crippen molar-refractivity contribution >= 4 is 27.7 Å². The van der Waals surface area contributed by atoms with Crippen LogP contribution in [0.1, 0.15) is 35.6 Å². The van der Waals surface area contributed by atoms with Crippen LogP contribution in [0.25, 0.3) is 0 Å². The Morgan fingerprint density at radius 3 is 2.58 bits per heavy atom. The van der Waals surface area contributed by atoms with Crippen LogP contribution in [-0.4, -0.2) is 42.2 Å². The number of benzene rings is 3. The Kier molecular flexibility index (Phi) is 9.31. The van der Waals surface area contributed by atoms with E-state index in [0.29, 0.717) is 43.2 Å². The highest BCUT2D eigenvalue weighted by Gasteiger charge is 2.52. The van der Waals surface area contributed by atoms with E-state index in [4.69, 9.17) is 19.6 Å². The van der Waals surface area contributed by atoms with Crippen LogP contribution in [-0.2, 0) is 16.0 Å². The fourth-order valence-electron chi connectivity index (χ4n) is 4.32. The highest BCUT2D eigenvalue weighted by Crippen LogP contribution is 2.44. The predicted octanol–water partition coefficient (Wildman–Crippen LogP) is 5.54. The number of carbonyl (C=O) groups excluding carboxylic acids is 1. The number of aliphatic hydroxyl groups is 1. The van der Waals surface area contributed by atoms with Crippen LogP contribution in [0.4, 0.5) is 4.39 Å². The third kappa shape index (κ3) is 6.31. The van der Waals surface area contributed by atoms with Gasteiger partial charge in [0.05, 0.1) is 6.61 Å². The number of aliphatic hydroxyl groups excluding tert-OH is 1. The molecule has 3 aromatic rings. The average Bonchev–Trinajstić information content (AvgIpc) is 3.31. The number of rotatable bonds is 12. The normalized spacial score (nSPS) is 18.4. The summed E-state index contributed by atoms with van der Waals surface area (Å²) < 4.78 is 26.1. The number of carbonyl (C=O) groups is 1. The van der Waals surface area contributed by atoms with E-state index in [1.807, 2.05) is 48.5 Å². The van der Waals surface area contributed by atoms with Crippen molar-refractivity contribution in [3.63, 3.8) is 0 Å². The third-order valence-corrected chi connectivity index (χ3v) is 7.01. The third-order valence-electron chi connectivity index (χ3n) is 6.29. The van der Waals surface area contributed by atoms with Gasteiger partial charge < -0.3 is 19.9 Å². The van der Waals surface area contributed by atoms with Gasteiger partial charge in [0.1, 0.15) is 11.6 Å². The first-order chi connectivity index (χ1) is 18.5. The lowest BCUT2D eigenvalue weighted by Gasteiger charge is -2.30. The quantitative estimate of drug-likeness (QED) is 0.218. The van der Waals surface area contributed by atoms with Crippen LogP contribution < -0.4 is 10.1 Å². The maximum atomic E-state index is 13.8. The number of aliphatic imine (C=N–C) groups is 1. The van der Waals surface area contributed by atoms with Gasteiger partial charge in [-0.2, -0.15) is 0 Å². The predicted molar refractivity (Wildman–Crippen MR) is 149 cm³/mol. The van der Waals surface area contributed by atoms with Crippen LogP contribution in [0.2, 0.25) is 0 Å². The first-order valence-electron chi connectivity index (χ1n) is 12.5. The summed E-state index contributed by atoms with van der Waals surface area (Å²) in [6, 6.07) is 21.1. The van der Waals surface area contributed by atoms with Crippen molar-refractivity contribution in [3.05, 3.63) is 112 Å². The summed E-state index contributed by atoms with van der Waals surface area (Å²) in [5.74, 6) is 0.440. The molecule has 8 heteroatoms. The molecule has 0 radical (unpaired) electrons. The van der Waals surface area contributed by atoms with Gasteiger partial charge in [0, 0.05) is 41.6 Å². The molecule has 0 unspecified atom stereocenters. The first kappa shape index (κ1) is 27.5. The van der Waals surface area contributed by atoms with Gasteiger partial charge in [0.2, 0.25) is 5.90 Å². The number of halogens is 2. The van der Waals surface area contributed by atoms with E-state index in [-0.39, 0.29) is 24.8 Å². The average molecular weight is 581 g/mol. The largest absolute Gasteiger partial charge is 0.494 e. The first-order valence-corrected chi connectivity index (χ1v) is 13.2. The van der Waals surface area contributed by atoms with Crippen LogP contribution in [0, 0.1) is 5.82 Å². The topological polar surface area (TPSA) is 80.2 Å². The van der Waals surface area contributed by atoms with E-state index in [9.17, 15) is 9.18 Å². The highest BCUT2D eigenvalue weighted by atomic mass is 79.9. The fraction of sp³-hybridized carbons (Fsp3) is 0.267. The summed E-state index contributed by atoms with van der Waals surface area (Å²) in [6.07, 6.45) is 2.33. The lowest BCUT2D eigenvalue weighted by atomic mass is 9.84. The van der Waals surface area contributed by atoms with Gasteiger partial charge in [0.15, 0.2) is 11.6 Å². The van der Waals surface area contributed by atoms with E-state index in [0.717, 1.165) is 15.6 Å². The summed E-state index contributed by atoms with van der Waals surface area (Å²) in [5, 5.41) is 12.0. The van der Waals surface area contributed by atoms with Gasteiger partial charge in [-0.05, 0) is 54.4 Å². The van der Waals surface area contributed by atoms with Crippen molar-refractivity contribution in [1.82, 2.24) is 5.32 Å². The number of nitrogens with one attached hydrogen (secondary N) is 1. The Balaban J connectivity index is 1.62. The molecule has 1 heterocycles. The number of hydrogen-bond acceptors (Lipinski definition) is 5. The minimum absolute atomic E-state index is 0.0660. The van der Waals surface area contributed by atoms with E-state index in [1.54, 1.807) is 18.2 Å². The lowest BCUT2D eigenvalue weighted by molar-refractivity contribution is -0.128. The zero-order chi connectivity index (χ0) is 27.0. The molecular formula is C30H30BrFN2O4. The maximum Gasteiger partial charge on any atom is 0.252 e. The summed E-state index contributed by atoms with van der Waals surface area (Å²) >= 11 is 3.61. The minimum Gasteiger partial charge on any atom is -0.494 e. The molecule has 4 rings (SSSR count). The molecular weight excluding hydrogens is 551 g/mol. The standard InChI is InChI=1S/C30H30BrFN2O4/c1-2-17-30(29(36)33-18-16-21-8-12-23(32)13-9-21)27(25-6-3-4-7-26(25)31)38-28(34-30)22-10-14-24(15-11-22)37-20-5-19-35/h2-4,6-15,27,35H,1,5,16-20H2,(H,33,36)/t27-,30-/m1/s1. The number of amides is 1. The minimum atomic E-state index is -1.28. The second kappa shape index (κ2) is 12.8. The molecule has 0 saturated heterocycles. The molecule has 38 heavy (non-hydrogen) atoms. The van der Waals surface area contributed by atoms with Crippen LogP contribution in [0.5, 0.6) is 5.75 Å². The monoisotopic (exact) mass is 580 g/mol. The number of hydrogen-bond donors (Lipinski definition) is 2. The molecule has 2 atom stereocenters. The van der Waals surface area contributed by atoms with Crippen LogP contribution >= 0.6 is 15.9 Å². The SMILES string of the molecule is C=CC[C@@]1(C(=O)NCCc2ccc(F)cc2)N=C(c2ccc(OCCCO)cc2)O[C@@H]1c1ccccc1Br. The van der Waals surface area contributed by atoms with Crippen molar-refractivity contribution in [1.29, 1.82) is 0 Å². The maximum absolute atomic E-state index is 13.8. The molecule has 1 aliphatic rings. The molecule has 6 nitrogen and oxygen atoms in total. The molecule has 198 valence electrons. The van der Waals surface area contributed by atoms with Crippen molar-refractivity contribution < 1.29 is 23.8 Å². The number of nitrogens with zero attached hydrogens (tertiary/aromatic N) is 1. The lowest BCUT2D eigenvalue weighted by Crippen LogP contribution is -2.48. The van der Waals surface area contributed by atoms with E-state index in [2.05, 4.69) is 27.8 Å². The summed E-state index contributed by atoms with van der Waals surface area (Å²) in [5.41, 5.74) is 1.15. The van der Waals surface area contributed by atoms with Gasteiger partial charge >= 0.3 is 0 Å². The zero-order valence-electron chi connectivity index (χ0n) is 20.9. The Hall–Kier alpha value is -3.49.